The van der Waals surface area contributed by atoms with Gasteiger partial charge in [0.25, 0.3) is 5.56 Å². The molecular formula is C23H25N3O5. The van der Waals surface area contributed by atoms with Crippen LogP contribution in [0.15, 0.2) is 59.4 Å². The van der Waals surface area contributed by atoms with Gasteiger partial charge in [0.15, 0.2) is 11.5 Å². The Labute approximate surface area is 180 Å². The number of methoxy groups -OCH3 is 3. The lowest BCUT2D eigenvalue weighted by molar-refractivity contribution is -0.121. The molecule has 0 atom stereocenters. The summed E-state index contributed by atoms with van der Waals surface area (Å²) in [6.07, 6.45) is 0.607. The van der Waals surface area contributed by atoms with Crippen LogP contribution in [0, 0.1) is 0 Å². The molecule has 2 aromatic carbocycles. The Balaban J connectivity index is 1.64. The van der Waals surface area contributed by atoms with Crippen molar-refractivity contribution in [2.75, 3.05) is 27.9 Å². The van der Waals surface area contributed by atoms with Crippen LogP contribution in [0.2, 0.25) is 0 Å². The largest absolute Gasteiger partial charge is 0.496 e. The molecular weight excluding hydrogens is 398 g/mol. The third-order valence-electron chi connectivity index (χ3n) is 4.73. The Morgan fingerprint density at radius 1 is 0.935 bits per heavy atom. The molecule has 3 aromatic rings. The molecule has 0 saturated heterocycles. The van der Waals surface area contributed by atoms with Crippen LogP contribution in [-0.4, -0.2) is 43.6 Å². The third kappa shape index (κ3) is 5.42. The SMILES string of the molecule is COc1ccc(CCNC(=O)Cn2nc(-c3ccccc3OC)ccc2=O)cc1OC. The van der Waals surface area contributed by atoms with Crippen molar-refractivity contribution >= 4 is 5.91 Å². The van der Waals surface area contributed by atoms with E-state index < -0.39 is 0 Å². The number of amides is 1. The number of nitrogens with one attached hydrogen (secondary N) is 1. The summed E-state index contributed by atoms with van der Waals surface area (Å²) in [5.74, 6) is 1.62. The molecule has 1 aromatic heterocycles. The summed E-state index contributed by atoms with van der Waals surface area (Å²) in [5.41, 5.74) is 1.93. The van der Waals surface area contributed by atoms with E-state index >= 15 is 0 Å². The normalized spacial score (nSPS) is 10.4. The average Bonchev–Trinajstić information content (AvgIpc) is 2.80. The number of benzene rings is 2. The molecule has 1 amide bonds. The number of carbonyl (C=O) groups excluding carboxylic acids is 1. The van der Waals surface area contributed by atoms with E-state index in [2.05, 4.69) is 10.4 Å². The highest BCUT2D eigenvalue weighted by molar-refractivity contribution is 5.75. The zero-order valence-corrected chi connectivity index (χ0v) is 17.8. The first-order chi connectivity index (χ1) is 15.0. The van der Waals surface area contributed by atoms with Crippen LogP contribution in [0.4, 0.5) is 0 Å². The average molecular weight is 423 g/mol. The van der Waals surface area contributed by atoms with E-state index in [1.807, 2.05) is 42.5 Å². The Morgan fingerprint density at radius 2 is 1.68 bits per heavy atom. The monoisotopic (exact) mass is 423 g/mol. The van der Waals surface area contributed by atoms with Gasteiger partial charge in [0.1, 0.15) is 12.3 Å². The lowest BCUT2D eigenvalue weighted by Crippen LogP contribution is -2.34. The van der Waals surface area contributed by atoms with E-state index in [4.69, 9.17) is 14.2 Å². The zero-order chi connectivity index (χ0) is 22.2. The fourth-order valence-corrected chi connectivity index (χ4v) is 3.14. The van der Waals surface area contributed by atoms with Gasteiger partial charge in [0, 0.05) is 18.2 Å². The maximum absolute atomic E-state index is 12.4. The van der Waals surface area contributed by atoms with Crippen molar-refractivity contribution in [3.8, 4) is 28.5 Å². The van der Waals surface area contributed by atoms with Crippen molar-refractivity contribution in [3.05, 3.63) is 70.5 Å². The summed E-state index contributed by atoms with van der Waals surface area (Å²) in [6, 6.07) is 16.0. The molecule has 0 bridgehead atoms. The van der Waals surface area contributed by atoms with Gasteiger partial charge < -0.3 is 19.5 Å². The van der Waals surface area contributed by atoms with Crippen molar-refractivity contribution in [1.82, 2.24) is 15.1 Å². The van der Waals surface area contributed by atoms with Gasteiger partial charge in [-0.15, -0.1) is 0 Å². The van der Waals surface area contributed by atoms with E-state index in [-0.39, 0.29) is 18.0 Å². The van der Waals surface area contributed by atoms with Crippen LogP contribution in [0.1, 0.15) is 5.56 Å². The number of rotatable bonds is 9. The summed E-state index contributed by atoms with van der Waals surface area (Å²) < 4.78 is 17.0. The predicted octanol–water partition coefficient (Wildman–Crippen LogP) is 2.29. The first-order valence-corrected chi connectivity index (χ1v) is 9.75. The number of para-hydroxylation sites is 1. The van der Waals surface area contributed by atoms with Crippen molar-refractivity contribution in [2.24, 2.45) is 0 Å². The summed E-state index contributed by atoms with van der Waals surface area (Å²) in [5, 5.41) is 7.15. The zero-order valence-electron chi connectivity index (χ0n) is 17.8. The Morgan fingerprint density at radius 3 is 2.42 bits per heavy atom. The van der Waals surface area contributed by atoms with Gasteiger partial charge in [0.05, 0.1) is 27.0 Å². The standard InChI is InChI=1S/C23H25N3O5/c1-29-19-7-5-4-6-17(19)18-9-11-23(28)26(25-18)15-22(27)24-13-12-16-8-10-20(30-2)21(14-16)31-3/h4-11,14H,12-13,15H2,1-3H3,(H,24,27). The molecule has 1 N–H and O–H groups in total. The predicted molar refractivity (Wildman–Crippen MR) is 117 cm³/mol. The van der Waals surface area contributed by atoms with Crippen molar-refractivity contribution in [1.29, 1.82) is 0 Å². The number of nitrogens with zero attached hydrogens (tertiary/aromatic N) is 2. The molecule has 0 spiro atoms. The summed E-state index contributed by atoms with van der Waals surface area (Å²) >= 11 is 0. The molecule has 8 heteroatoms. The summed E-state index contributed by atoms with van der Waals surface area (Å²) in [4.78, 5) is 24.6. The van der Waals surface area contributed by atoms with Gasteiger partial charge in [0.2, 0.25) is 5.91 Å². The summed E-state index contributed by atoms with van der Waals surface area (Å²) in [6.45, 7) is 0.239. The van der Waals surface area contributed by atoms with E-state index in [1.165, 1.54) is 6.07 Å². The summed E-state index contributed by atoms with van der Waals surface area (Å²) in [7, 11) is 4.73. The first-order valence-electron chi connectivity index (χ1n) is 9.75. The number of ether oxygens (including phenoxy) is 3. The maximum atomic E-state index is 12.4. The molecule has 0 radical (unpaired) electrons. The van der Waals surface area contributed by atoms with Crippen LogP contribution < -0.4 is 25.1 Å². The van der Waals surface area contributed by atoms with E-state index in [9.17, 15) is 9.59 Å². The molecule has 0 aliphatic rings. The van der Waals surface area contributed by atoms with E-state index in [0.29, 0.717) is 35.9 Å². The number of carbonyl (C=O) groups is 1. The fraction of sp³-hybridized carbons (Fsp3) is 0.261. The smallest absolute Gasteiger partial charge is 0.267 e. The van der Waals surface area contributed by atoms with Crippen molar-refractivity contribution < 1.29 is 19.0 Å². The van der Waals surface area contributed by atoms with Gasteiger partial charge in [-0.05, 0) is 42.3 Å². The van der Waals surface area contributed by atoms with Crippen LogP contribution in [0.3, 0.4) is 0 Å². The first kappa shape index (κ1) is 21.9. The number of aromatic nitrogens is 2. The van der Waals surface area contributed by atoms with Crippen LogP contribution in [-0.2, 0) is 17.8 Å². The highest BCUT2D eigenvalue weighted by Gasteiger charge is 2.11. The minimum absolute atomic E-state index is 0.173. The van der Waals surface area contributed by atoms with Gasteiger partial charge in [-0.3, -0.25) is 9.59 Å². The lowest BCUT2D eigenvalue weighted by atomic mass is 10.1. The lowest BCUT2D eigenvalue weighted by Gasteiger charge is -2.11. The highest BCUT2D eigenvalue weighted by atomic mass is 16.5. The van der Waals surface area contributed by atoms with Crippen molar-refractivity contribution in [3.63, 3.8) is 0 Å². The maximum Gasteiger partial charge on any atom is 0.267 e. The molecule has 0 fully saturated rings. The van der Waals surface area contributed by atoms with Gasteiger partial charge in [-0.2, -0.15) is 5.10 Å². The topological polar surface area (TPSA) is 91.7 Å². The Kier molecular flexibility index (Phi) is 7.26. The van der Waals surface area contributed by atoms with Crippen LogP contribution >= 0.6 is 0 Å². The third-order valence-corrected chi connectivity index (χ3v) is 4.73. The molecule has 162 valence electrons. The van der Waals surface area contributed by atoms with E-state index in [1.54, 1.807) is 27.4 Å². The van der Waals surface area contributed by atoms with Gasteiger partial charge >= 0.3 is 0 Å². The quantitative estimate of drug-likeness (QED) is 0.568. The molecule has 0 saturated carbocycles. The fourth-order valence-electron chi connectivity index (χ4n) is 3.14. The minimum Gasteiger partial charge on any atom is -0.496 e. The molecule has 3 rings (SSSR count). The molecule has 0 unspecified atom stereocenters. The number of hydrogen-bond acceptors (Lipinski definition) is 6. The van der Waals surface area contributed by atoms with Gasteiger partial charge in [-0.1, -0.05) is 18.2 Å². The van der Waals surface area contributed by atoms with Crippen LogP contribution in [0.5, 0.6) is 17.2 Å². The minimum atomic E-state index is -0.353. The molecule has 8 nitrogen and oxygen atoms in total. The van der Waals surface area contributed by atoms with Crippen molar-refractivity contribution in [2.45, 2.75) is 13.0 Å². The second-order valence-corrected chi connectivity index (χ2v) is 6.70. The Bertz CT molecular complexity index is 1110. The van der Waals surface area contributed by atoms with E-state index in [0.717, 1.165) is 15.8 Å². The molecule has 31 heavy (non-hydrogen) atoms. The molecule has 0 aliphatic heterocycles. The molecule has 0 aliphatic carbocycles. The molecule has 1 heterocycles. The van der Waals surface area contributed by atoms with Gasteiger partial charge in [-0.25, -0.2) is 4.68 Å². The number of hydrogen-bond donors (Lipinski definition) is 1. The second kappa shape index (κ2) is 10.3. The van der Waals surface area contributed by atoms with Crippen LogP contribution in [0.25, 0.3) is 11.3 Å². The highest BCUT2D eigenvalue weighted by Crippen LogP contribution is 2.28. The Hall–Kier alpha value is -3.81. The second-order valence-electron chi connectivity index (χ2n) is 6.70.